The molecule has 2 amide bonds. The monoisotopic (exact) mass is 467 g/mol. The lowest BCUT2D eigenvalue weighted by Crippen LogP contribution is -2.47. The molecule has 8 nitrogen and oxygen atoms in total. The predicted molar refractivity (Wildman–Crippen MR) is 118 cm³/mol. The van der Waals surface area contributed by atoms with Crippen LogP contribution in [0.15, 0.2) is 12.1 Å². The second-order valence-corrected chi connectivity index (χ2v) is 12.4. The Labute approximate surface area is 187 Å². The summed E-state index contributed by atoms with van der Waals surface area (Å²) in [5.74, 6) is 0.297. The smallest absolute Gasteiger partial charge is 0.263 e. The number of likely N-dealkylation sites (tertiary alicyclic amines) is 2. The first-order chi connectivity index (χ1) is 14.7. The number of nitrogens with zero attached hydrogens (tertiary/aromatic N) is 3. The van der Waals surface area contributed by atoms with Crippen molar-refractivity contribution in [3.05, 3.63) is 21.9 Å². The van der Waals surface area contributed by atoms with Crippen molar-refractivity contribution in [1.82, 2.24) is 14.7 Å². The summed E-state index contributed by atoms with van der Waals surface area (Å²) >= 11 is 1.25. The third-order valence-electron chi connectivity index (χ3n) is 6.86. The van der Waals surface area contributed by atoms with Gasteiger partial charge in [-0.2, -0.15) is 0 Å². The number of thiophene rings is 1. The first-order valence-electron chi connectivity index (χ1n) is 10.8. The molecule has 0 atom stereocenters. The van der Waals surface area contributed by atoms with Crippen LogP contribution < -0.4 is 0 Å². The van der Waals surface area contributed by atoms with E-state index in [1.807, 2.05) is 14.7 Å². The SMILES string of the molecule is CC(=O)c1ccc(C(=O)N2CCC3(CCN(C(=O)CN4CCS(=O)(=O)CC4)C3)CC2)s1. The third-order valence-corrected chi connectivity index (χ3v) is 9.65. The molecular weight excluding hydrogens is 438 g/mol. The van der Waals surface area contributed by atoms with E-state index in [4.69, 9.17) is 0 Å². The van der Waals surface area contributed by atoms with E-state index >= 15 is 0 Å². The summed E-state index contributed by atoms with van der Waals surface area (Å²) in [4.78, 5) is 44.0. The highest BCUT2D eigenvalue weighted by Crippen LogP contribution is 2.40. The van der Waals surface area contributed by atoms with Crippen LogP contribution in [-0.4, -0.2) is 98.0 Å². The van der Waals surface area contributed by atoms with E-state index in [9.17, 15) is 22.8 Å². The van der Waals surface area contributed by atoms with Crippen LogP contribution in [0.1, 0.15) is 45.5 Å². The quantitative estimate of drug-likeness (QED) is 0.616. The van der Waals surface area contributed by atoms with Crippen molar-refractivity contribution in [1.29, 1.82) is 0 Å². The number of hydrogen-bond acceptors (Lipinski definition) is 7. The standard InChI is InChI=1S/C21H29N3O5S2/c1-16(25)17-2-3-18(30-17)20(27)23-7-4-21(5-8-23)6-9-24(15-21)19(26)14-22-10-12-31(28,29)13-11-22/h2-3H,4-15H2,1H3. The predicted octanol–water partition coefficient (Wildman–Crippen LogP) is 1.14. The van der Waals surface area contributed by atoms with E-state index < -0.39 is 9.84 Å². The zero-order valence-electron chi connectivity index (χ0n) is 17.8. The average Bonchev–Trinajstić information content (AvgIpc) is 3.38. The van der Waals surface area contributed by atoms with Crippen molar-refractivity contribution in [2.24, 2.45) is 5.41 Å². The van der Waals surface area contributed by atoms with Crippen molar-refractivity contribution in [2.45, 2.75) is 26.2 Å². The van der Waals surface area contributed by atoms with Gasteiger partial charge < -0.3 is 9.80 Å². The number of Topliss-reactive ketones (excluding diaryl/α,β-unsaturated/α-hetero) is 1. The van der Waals surface area contributed by atoms with Crippen molar-refractivity contribution in [3.63, 3.8) is 0 Å². The fourth-order valence-corrected chi connectivity index (χ4v) is 6.88. The Morgan fingerprint density at radius 1 is 0.935 bits per heavy atom. The molecule has 4 heterocycles. The van der Waals surface area contributed by atoms with Gasteiger partial charge in [-0.3, -0.25) is 19.3 Å². The van der Waals surface area contributed by atoms with E-state index in [2.05, 4.69) is 0 Å². The fourth-order valence-electron chi connectivity index (χ4n) is 4.74. The maximum Gasteiger partial charge on any atom is 0.263 e. The summed E-state index contributed by atoms with van der Waals surface area (Å²) < 4.78 is 23.1. The molecule has 0 radical (unpaired) electrons. The molecule has 4 rings (SSSR count). The molecule has 3 saturated heterocycles. The highest BCUT2D eigenvalue weighted by Gasteiger charge is 2.43. The molecule has 10 heteroatoms. The van der Waals surface area contributed by atoms with Gasteiger partial charge in [-0.15, -0.1) is 11.3 Å². The molecule has 0 aliphatic carbocycles. The Hall–Kier alpha value is -1.78. The Morgan fingerprint density at radius 2 is 1.52 bits per heavy atom. The minimum absolute atomic E-state index is 0.0154. The summed E-state index contributed by atoms with van der Waals surface area (Å²) in [5.41, 5.74) is 0.0671. The highest BCUT2D eigenvalue weighted by atomic mass is 32.2. The van der Waals surface area contributed by atoms with E-state index in [0.29, 0.717) is 42.5 Å². The number of rotatable bonds is 4. The molecule has 1 aromatic rings. The van der Waals surface area contributed by atoms with Gasteiger partial charge in [-0.05, 0) is 43.7 Å². The maximum absolute atomic E-state index is 12.8. The Morgan fingerprint density at radius 3 is 2.10 bits per heavy atom. The number of hydrogen-bond donors (Lipinski definition) is 0. The molecule has 0 aromatic carbocycles. The Kier molecular flexibility index (Phi) is 6.24. The normalized spacial score (nSPS) is 23.3. The molecule has 0 saturated carbocycles. The van der Waals surface area contributed by atoms with Gasteiger partial charge in [0.05, 0.1) is 27.8 Å². The molecule has 1 aromatic heterocycles. The van der Waals surface area contributed by atoms with Crippen LogP contribution in [0.4, 0.5) is 0 Å². The van der Waals surface area contributed by atoms with Gasteiger partial charge in [-0.1, -0.05) is 0 Å². The van der Waals surface area contributed by atoms with Gasteiger partial charge in [0.25, 0.3) is 5.91 Å². The molecule has 3 fully saturated rings. The molecule has 31 heavy (non-hydrogen) atoms. The molecule has 3 aliphatic rings. The Bertz CT molecular complexity index is 965. The number of carbonyl (C=O) groups is 3. The number of carbonyl (C=O) groups excluding carboxylic acids is 3. The summed E-state index contributed by atoms with van der Waals surface area (Å²) in [6, 6.07) is 3.44. The zero-order chi connectivity index (χ0) is 22.2. The van der Waals surface area contributed by atoms with Gasteiger partial charge in [0.2, 0.25) is 5.91 Å². The first kappa shape index (κ1) is 22.4. The van der Waals surface area contributed by atoms with Crippen LogP contribution in [0.5, 0.6) is 0 Å². The molecule has 0 N–H and O–H groups in total. The molecule has 0 bridgehead atoms. The number of sulfone groups is 1. The zero-order valence-corrected chi connectivity index (χ0v) is 19.5. The van der Waals surface area contributed by atoms with E-state index in [1.54, 1.807) is 12.1 Å². The van der Waals surface area contributed by atoms with Gasteiger partial charge in [0.15, 0.2) is 15.6 Å². The van der Waals surface area contributed by atoms with Crippen molar-refractivity contribution < 1.29 is 22.8 Å². The second-order valence-electron chi connectivity index (χ2n) is 9.01. The van der Waals surface area contributed by atoms with Gasteiger partial charge in [-0.25, -0.2) is 8.42 Å². The lowest BCUT2D eigenvalue weighted by Gasteiger charge is -2.39. The minimum Gasteiger partial charge on any atom is -0.341 e. The van der Waals surface area contributed by atoms with Crippen LogP contribution in [0.3, 0.4) is 0 Å². The second kappa shape index (κ2) is 8.63. The molecule has 170 valence electrons. The van der Waals surface area contributed by atoms with Gasteiger partial charge in [0, 0.05) is 39.3 Å². The van der Waals surface area contributed by atoms with E-state index in [-0.39, 0.29) is 41.1 Å². The van der Waals surface area contributed by atoms with Gasteiger partial charge in [0.1, 0.15) is 0 Å². The van der Waals surface area contributed by atoms with Gasteiger partial charge >= 0.3 is 0 Å². The van der Waals surface area contributed by atoms with Crippen LogP contribution in [-0.2, 0) is 14.6 Å². The maximum atomic E-state index is 12.8. The first-order valence-corrected chi connectivity index (χ1v) is 13.4. The fraction of sp³-hybridized carbons (Fsp3) is 0.667. The summed E-state index contributed by atoms with van der Waals surface area (Å²) in [6.45, 7) is 5.42. The average molecular weight is 468 g/mol. The topological polar surface area (TPSA) is 95.1 Å². The highest BCUT2D eigenvalue weighted by molar-refractivity contribution is 7.91. The van der Waals surface area contributed by atoms with Crippen molar-refractivity contribution >= 4 is 38.8 Å². The third kappa shape index (κ3) is 5.01. The van der Waals surface area contributed by atoms with Crippen LogP contribution >= 0.6 is 11.3 Å². The molecule has 0 unspecified atom stereocenters. The minimum atomic E-state index is -2.94. The number of amides is 2. The molecular formula is C21H29N3O5S2. The molecule has 3 aliphatic heterocycles. The summed E-state index contributed by atoms with van der Waals surface area (Å²) in [5, 5.41) is 0. The van der Waals surface area contributed by atoms with Crippen LogP contribution in [0.25, 0.3) is 0 Å². The lowest BCUT2D eigenvalue weighted by atomic mass is 9.78. The Balaban J connectivity index is 1.28. The summed E-state index contributed by atoms with van der Waals surface area (Å²) in [7, 11) is -2.94. The number of ketones is 1. The van der Waals surface area contributed by atoms with Crippen molar-refractivity contribution in [2.75, 3.05) is 57.3 Å². The molecule has 1 spiro atoms. The largest absolute Gasteiger partial charge is 0.341 e. The summed E-state index contributed by atoms with van der Waals surface area (Å²) in [6.07, 6.45) is 2.69. The van der Waals surface area contributed by atoms with Crippen LogP contribution in [0.2, 0.25) is 0 Å². The van der Waals surface area contributed by atoms with Crippen LogP contribution in [0, 0.1) is 5.41 Å². The van der Waals surface area contributed by atoms with Crippen molar-refractivity contribution in [3.8, 4) is 0 Å². The van der Waals surface area contributed by atoms with E-state index in [1.165, 1.54) is 18.3 Å². The number of piperidine rings is 1. The van der Waals surface area contributed by atoms with E-state index in [0.717, 1.165) is 25.8 Å². The lowest BCUT2D eigenvalue weighted by molar-refractivity contribution is -0.131.